The number of thioether (sulfide) groups is 1. The largest absolute Gasteiger partial charge is 0.319 e. The summed E-state index contributed by atoms with van der Waals surface area (Å²) in [5, 5.41) is 7.68. The summed E-state index contributed by atoms with van der Waals surface area (Å²) < 4.78 is 4.75. The van der Waals surface area contributed by atoms with Crippen LogP contribution >= 0.6 is 34.4 Å². The van der Waals surface area contributed by atoms with Gasteiger partial charge in [0.2, 0.25) is 5.91 Å². The molecule has 5 aromatic rings. The lowest BCUT2D eigenvalue weighted by molar-refractivity contribution is -0.113. The number of amides is 1. The Bertz CT molecular complexity index is 1730. The molecule has 0 radical (unpaired) electrons. The molecular formula is C26H23N5O3S3. The van der Waals surface area contributed by atoms with E-state index in [0.717, 1.165) is 22.2 Å². The van der Waals surface area contributed by atoms with E-state index in [1.165, 1.54) is 20.6 Å². The highest BCUT2D eigenvalue weighted by atomic mass is 32.2. The van der Waals surface area contributed by atoms with E-state index in [2.05, 4.69) is 11.9 Å². The molecule has 0 spiro atoms. The fourth-order valence-corrected chi connectivity index (χ4v) is 6.65. The number of allylic oxidation sites excluding steroid dienone is 1. The summed E-state index contributed by atoms with van der Waals surface area (Å²) in [4.78, 5) is 45.8. The number of nitrogens with zero attached hydrogens (tertiary/aromatic N) is 4. The molecule has 188 valence electrons. The van der Waals surface area contributed by atoms with Crippen LogP contribution < -0.4 is 16.4 Å². The standard InChI is InChI=1S/C26H23N5O3S3/c1-4-12-30-24(33)21-18(19-11-8-13-35-19)14-36-23(21)28-26(30)37-15-20(32)27-22-16(2)29(3)31(25(22)34)17-9-6-5-7-10-17/h4-11,13-14H,1,12,15H2,2-3H3,(H,27,32). The van der Waals surface area contributed by atoms with Crippen LogP contribution in [0.2, 0.25) is 0 Å². The van der Waals surface area contributed by atoms with Gasteiger partial charge in [-0.25, -0.2) is 9.67 Å². The minimum atomic E-state index is -0.360. The van der Waals surface area contributed by atoms with Crippen molar-refractivity contribution in [2.45, 2.75) is 18.6 Å². The topological polar surface area (TPSA) is 90.9 Å². The zero-order valence-electron chi connectivity index (χ0n) is 20.1. The molecule has 1 amide bonds. The Hall–Kier alpha value is -3.67. The van der Waals surface area contributed by atoms with E-state index in [9.17, 15) is 14.4 Å². The predicted molar refractivity (Wildman–Crippen MR) is 152 cm³/mol. The highest BCUT2D eigenvalue weighted by molar-refractivity contribution is 7.99. The molecular weight excluding hydrogens is 527 g/mol. The van der Waals surface area contributed by atoms with Crippen LogP contribution in [0.5, 0.6) is 0 Å². The van der Waals surface area contributed by atoms with Gasteiger partial charge in [0.05, 0.1) is 22.5 Å². The molecule has 0 fully saturated rings. The lowest BCUT2D eigenvalue weighted by Crippen LogP contribution is -2.25. The van der Waals surface area contributed by atoms with Gasteiger partial charge in [0.1, 0.15) is 10.5 Å². The molecule has 8 nitrogen and oxygen atoms in total. The highest BCUT2D eigenvalue weighted by Gasteiger charge is 2.20. The van der Waals surface area contributed by atoms with Crippen LogP contribution in [0.4, 0.5) is 5.69 Å². The van der Waals surface area contributed by atoms with Gasteiger partial charge in [-0.3, -0.25) is 23.6 Å². The number of hydrogen-bond donors (Lipinski definition) is 1. The van der Waals surface area contributed by atoms with Gasteiger partial charge in [0.25, 0.3) is 11.1 Å². The van der Waals surface area contributed by atoms with Crippen LogP contribution in [-0.4, -0.2) is 30.6 Å². The quantitative estimate of drug-likeness (QED) is 0.169. The fourth-order valence-electron chi connectivity index (χ4n) is 4.04. The molecule has 37 heavy (non-hydrogen) atoms. The van der Waals surface area contributed by atoms with Gasteiger partial charge in [-0.1, -0.05) is 42.1 Å². The number of para-hydroxylation sites is 1. The van der Waals surface area contributed by atoms with Gasteiger partial charge in [0, 0.05) is 29.4 Å². The van der Waals surface area contributed by atoms with Crippen LogP contribution in [0.25, 0.3) is 26.3 Å². The number of nitrogens with one attached hydrogen (secondary N) is 1. The minimum Gasteiger partial charge on any atom is -0.319 e. The average molecular weight is 550 g/mol. The van der Waals surface area contributed by atoms with Crippen molar-refractivity contribution in [2.24, 2.45) is 7.05 Å². The third-order valence-electron chi connectivity index (χ3n) is 5.91. The summed E-state index contributed by atoms with van der Waals surface area (Å²) in [5.74, 6) is -0.377. The number of fused-ring (bicyclic) bond motifs is 1. The van der Waals surface area contributed by atoms with Crippen LogP contribution in [-0.2, 0) is 18.4 Å². The first kappa shape index (κ1) is 25.0. The zero-order valence-corrected chi connectivity index (χ0v) is 22.6. The number of aromatic nitrogens is 4. The maximum atomic E-state index is 13.4. The Labute approximate surface area is 224 Å². The Balaban J connectivity index is 1.41. The van der Waals surface area contributed by atoms with Crippen LogP contribution in [0.15, 0.2) is 80.6 Å². The van der Waals surface area contributed by atoms with Gasteiger partial charge in [-0.15, -0.1) is 29.3 Å². The van der Waals surface area contributed by atoms with E-state index >= 15 is 0 Å². The number of carbonyl (C=O) groups is 1. The molecule has 4 aromatic heterocycles. The van der Waals surface area contributed by atoms with Crippen molar-refractivity contribution < 1.29 is 4.79 Å². The molecule has 0 saturated carbocycles. The molecule has 1 aromatic carbocycles. The number of carbonyl (C=O) groups excluding carboxylic acids is 1. The Kier molecular flexibility index (Phi) is 7.00. The predicted octanol–water partition coefficient (Wildman–Crippen LogP) is 4.90. The van der Waals surface area contributed by atoms with Gasteiger partial charge in [-0.05, 0) is 30.5 Å². The second-order valence-corrected chi connectivity index (χ2v) is 10.9. The Morgan fingerprint density at radius 3 is 2.62 bits per heavy atom. The molecule has 1 N–H and O–H groups in total. The molecule has 0 aliphatic carbocycles. The minimum absolute atomic E-state index is 0.0165. The van der Waals surface area contributed by atoms with E-state index in [-0.39, 0.29) is 35.0 Å². The van der Waals surface area contributed by atoms with E-state index in [1.807, 2.05) is 53.2 Å². The lowest BCUT2D eigenvalue weighted by Gasteiger charge is -2.10. The molecule has 0 atom stereocenters. The van der Waals surface area contributed by atoms with Crippen molar-refractivity contribution in [1.82, 2.24) is 18.9 Å². The van der Waals surface area contributed by atoms with Crippen LogP contribution in [0.1, 0.15) is 5.69 Å². The molecule has 0 saturated heterocycles. The van der Waals surface area contributed by atoms with E-state index < -0.39 is 0 Å². The van der Waals surface area contributed by atoms with Crippen molar-refractivity contribution in [3.05, 3.63) is 92.3 Å². The summed E-state index contributed by atoms with van der Waals surface area (Å²) in [6, 6.07) is 13.2. The second kappa shape index (κ2) is 10.4. The third kappa shape index (κ3) is 4.61. The average Bonchev–Trinajstić information content (AvgIpc) is 3.62. The maximum absolute atomic E-state index is 13.4. The maximum Gasteiger partial charge on any atom is 0.295 e. The summed E-state index contributed by atoms with van der Waals surface area (Å²) in [6.07, 6.45) is 1.63. The smallest absolute Gasteiger partial charge is 0.295 e. The zero-order chi connectivity index (χ0) is 26.1. The van der Waals surface area contributed by atoms with Crippen LogP contribution in [0.3, 0.4) is 0 Å². The first-order valence-electron chi connectivity index (χ1n) is 11.3. The molecule has 0 bridgehead atoms. The third-order valence-corrected chi connectivity index (χ3v) is 8.66. The van der Waals surface area contributed by atoms with Gasteiger partial charge < -0.3 is 5.32 Å². The summed E-state index contributed by atoms with van der Waals surface area (Å²) >= 11 is 4.13. The first-order valence-corrected chi connectivity index (χ1v) is 14.1. The number of rotatable bonds is 8. The first-order chi connectivity index (χ1) is 17.9. The molecule has 0 aliphatic heterocycles. The van der Waals surface area contributed by atoms with E-state index in [1.54, 1.807) is 36.1 Å². The molecule has 11 heteroatoms. The monoisotopic (exact) mass is 549 g/mol. The molecule has 4 heterocycles. The van der Waals surface area contributed by atoms with Crippen molar-refractivity contribution >= 4 is 56.2 Å². The van der Waals surface area contributed by atoms with Crippen molar-refractivity contribution in [2.75, 3.05) is 11.1 Å². The molecule has 0 aliphatic rings. The summed E-state index contributed by atoms with van der Waals surface area (Å²) in [5.41, 5.74) is 1.96. The van der Waals surface area contributed by atoms with Gasteiger partial charge in [0.15, 0.2) is 5.16 Å². The van der Waals surface area contributed by atoms with Crippen molar-refractivity contribution in [1.29, 1.82) is 0 Å². The van der Waals surface area contributed by atoms with Crippen molar-refractivity contribution in [3.63, 3.8) is 0 Å². The fraction of sp³-hybridized carbons (Fsp3) is 0.154. The number of benzene rings is 1. The lowest BCUT2D eigenvalue weighted by atomic mass is 10.2. The van der Waals surface area contributed by atoms with E-state index in [4.69, 9.17) is 4.98 Å². The Morgan fingerprint density at radius 2 is 1.92 bits per heavy atom. The Morgan fingerprint density at radius 1 is 1.14 bits per heavy atom. The van der Waals surface area contributed by atoms with Crippen LogP contribution in [0, 0.1) is 6.92 Å². The molecule has 0 unspecified atom stereocenters. The summed E-state index contributed by atoms with van der Waals surface area (Å²) in [7, 11) is 1.77. The van der Waals surface area contributed by atoms with E-state index in [0.29, 0.717) is 26.8 Å². The normalized spacial score (nSPS) is 11.2. The number of hydrogen-bond acceptors (Lipinski definition) is 7. The van der Waals surface area contributed by atoms with Gasteiger partial charge >= 0.3 is 0 Å². The second-order valence-electron chi connectivity index (χ2n) is 8.18. The van der Waals surface area contributed by atoms with Crippen molar-refractivity contribution in [3.8, 4) is 16.1 Å². The summed E-state index contributed by atoms with van der Waals surface area (Å²) in [6.45, 7) is 5.82. The number of thiophene rings is 2. The van der Waals surface area contributed by atoms with Gasteiger partial charge in [-0.2, -0.15) is 0 Å². The number of anilines is 1. The molecule has 5 rings (SSSR count). The SMILES string of the molecule is C=CCn1c(SCC(=O)Nc2c(C)n(C)n(-c3ccccc3)c2=O)nc2scc(-c3cccs3)c2c1=O. The highest BCUT2D eigenvalue weighted by Crippen LogP contribution is 2.34.